The van der Waals surface area contributed by atoms with Crippen LogP contribution in [0.3, 0.4) is 0 Å². The van der Waals surface area contributed by atoms with Gasteiger partial charge in [0.25, 0.3) is 11.8 Å². The summed E-state index contributed by atoms with van der Waals surface area (Å²) in [6, 6.07) is 12.0. The molecule has 0 unspecified atom stereocenters. The molecule has 28 heavy (non-hydrogen) atoms. The number of nitrogens with zero attached hydrogens (tertiary/aromatic N) is 1. The molecule has 0 aliphatic rings. The van der Waals surface area contributed by atoms with E-state index in [1.165, 1.54) is 42.7 Å². The highest BCUT2D eigenvalue weighted by Gasteiger charge is 2.13. The number of thiazole rings is 1. The second-order valence-electron chi connectivity index (χ2n) is 5.51. The minimum atomic E-state index is -0.550. The molecule has 0 aliphatic carbocycles. The number of methoxy groups -OCH3 is 1. The Bertz CT molecular complexity index is 958. The zero-order chi connectivity index (χ0) is 19.9. The Labute approximate surface area is 164 Å². The van der Waals surface area contributed by atoms with E-state index in [0.29, 0.717) is 22.1 Å². The number of hydrogen-bond donors (Lipinski definition) is 2. The zero-order valence-electron chi connectivity index (χ0n) is 14.8. The van der Waals surface area contributed by atoms with Gasteiger partial charge in [-0.05, 0) is 48.5 Å². The number of hydrazine groups is 1. The van der Waals surface area contributed by atoms with Crippen LogP contribution in [0.25, 0.3) is 0 Å². The predicted octanol–water partition coefficient (Wildman–Crippen LogP) is 2.94. The summed E-state index contributed by atoms with van der Waals surface area (Å²) in [6.07, 6.45) is 0. The molecule has 9 heteroatoms. The number of rotatable bonds is 6. The molecule has 0 spiro atoms. The summed E-state index contributed by atoms with van der Waals surface area (Å²) < 4.78 is 23.4. The van der Waals surface area contributed by atoms with Gasteiger partial charge in [-0.1, -0.05) is 0 Å². The molecule has 3 rings (SSSR count). The van der Waals surface area contributed by atoms with Gasteiger partial charge in [0.05, 0.1) is 7.11 Å². The third-order valence-corrected chi connectivity index (χ3v) is 4.42. The van der Waals surface area contributed by atoms with E-state index in [-0.39, 0.29) is 18.1 Å². The number of nitrogens with one attached hydrogen (secondary N) is 2. The summed E-state index contributed by atoms with van der Waals surface area (Å²) in [6.45, 7) is 0.141. The fourth-order valence-electron chi connectivity index (χ4n) is 2.15. The van der Waals surface area contributed by atoms with E-state index in [2.05, 4.69) is 15.8 Å². The van der Waals surface area contributed by atoms with Gasteiger partial charge in [-0.25, -0.2) is 9.37 Å². The number of halogens is 1. The van der Waals surface area contributed by atoms with Gasteiger partial charge < -0.3 is 9.47 Å². The fraction of sp³-hybridized carbons (Fsp3) is 0.105. The molecule has 0 saturated carbocycles. The number of ether oxygens (including phenoxy) is 2. The van der Waals surface area contributed by atoms with Crippen LogP contribution in [-0.4, -0.2) is 23.9 Å². The molecule has 2 amide bonds. The van der Waals surface area contributed by atoms with Crippen molar-refractivity contribution in [1.29, 1.82) is 0 Å². The molecule has 144 valence electrons. The minimum absolute atomic E-state index is 0.141. The first-order chi connectivity index (χ1) is 13.5. The van der Waals surface area contributed by atoms with Gasteiger partial charge in [0.15, 0.2) is 0 Å². The van der Waals surface area contributed by atoms with E-state index in [0.717, 1.165) is 0 Å². The molecule has 7 nitrogen and oxygen atoms in total. The average molecular weight is 401 g/mol. The zero-order valence-corrected chi connectivity index (χ0v) is 15.6. The monoisotopic (exact) mass is 401 g/mol. The second kappa shape index (κ2) is 8.96. The second-order valence-corrected chi connectivity index (χ2v) is 6.45. The van der Waals surface area contributed by atoms with E-state index < -0.39 is 11.8 Å². The normalized spacial score (nSPS) is 10.2. The Morgan fingerprint density at radius 2 is 1.64 bits per heavy atom. The van der Waals surface area contributed by atoms with Crippen molar-refractivity contribution in [3.05, 3.63) is 76.0 Å². The Kier molecular flexibility index (Phi) is 6.18. The van der Waals surface area contributed by atoms with Crippen LogP contribution in [0, 0.1) is 5.82 Å². The number of benzene rings is 2. The summed E-state index contributed by atoms with van der Waals surface area (Å²) in [5, 5.41) is 2.12. The summed E-state index contributed by atoms with van der Waals surface area (Å²) >= 11 is 1.24. The van der Waals surface area contributed by atoms with Gasteiger partial charge >= 0.3 is 0 Å². The quantitative estimate of drug-likeness (QED) is 0.620. The van der Waals surface area contributed by atoms with Crippen molar-refractivity contribution in [2.45, 2.75) is 6.61 Å². The largest absolute Gasteiger partial charge is 0.497 e. The lowest BCUT2D eigenvalue weighted by Gasteiger charge is -2.06. The van der Waals surface area contributed by atoms with Crippen molar-refractivity contribution in [2.24, 2.45) is 0 Å². The van der Waals surface area contributed by atoms with E-state index in [4.69, 9.17) is 9.47 Å². The van der Waals surface area contributed by atoms with Crippen molar-refractivity contribution in [3.63, 3.8) is 0 Å². The summed E-state index contributed by atoms with van der Waals surface area (Å²) in [5.74, 6) is -0.248. The number of aromatic nitrogens is 1. The average Bonchev–Trinajstić information content (AvgIpc) is 3.20. The maximum Gasteiger partial charge on any atom is 0.289 e. The van der Waals surface area contributed by atoms with Crippen LogP contribution in [0.1, 0.15) is 25.9 Å². The lowest BCUT2D eigenvalue weighted by Crippen LogP contribution is -2.41. The third-order valence-electron chi connectivity index (χ3n) is 3.60. The van der Waals surface area contributed by atoms with E-state index in [1.807, 2.05) is 0 Å². The molecule has 0 bridgehead atoms. The molecule has 3 aromatic rings. The van der Waals surface area contributed by atoms with Gasteiger partial charge in [0.1, 0.15) is 34.6 Å². The highest BCUT2D eigenvalue weighted by Crippen LogP contribution is 2.16. The lowest BCUT2D eigenvalue weighted by molar-refractivity contribution is 0.0844. The first kappa shape index (κ1) is 19.3. The van der Waals surface area contributed by atoms with Crippen molar-refractivity contribution in [2.75, 3.05) is 7.11 Å². The van der Waals surface area contributed by atoms with Gasteiger partial charge in [-0.3, -0.25) is 20.4 Å². The molecule has 2 N–H and O–H groups in total. The molecular weight excluding hydrogens is 385 g/mol. The van der Waals surface area contributed by atoms with Crippen LogP contribution in [0.2, 0.25) is 0 Å². The lowest BCUT2D eigenvalue weighted by atomic mass is 10.2. The fourth-order valence-corrected chi connectivity index (χ4v) is 2.83. The van der Waals surface area contributed by atoms with Crippen LogP contribution < -0.4 is 20.3 Å². The molecule has 1 aromatic heterocycles. The van der Waals surface area contributed by atoms with Crippen LogP contribution >= 0.6 is 11.3 Å². The van der Waals surface area contributed by atoms with E-state index >= 15 is 0 Å². The van der Waals surface area contributed by atoms with Crippen molar-refractivity contribution in [3.8, 4) is 11.5 Å². The molecule has 2 aromatic carbocycles. The molecule has 1 heterocycles. The minimum Gasteiger partial charge on any atom is -0.497 e. The Balaban J connectivity index is 1.50. The molecule has 0 atom stereocenters. The number of hydrogen-bond acceptors (Lipinski definition) is 6. The Morgan fingerprint density at radius 3 is 2.32 bits per heavy atom. The predicted molar refractivity (Wildman–Crippen MR) is 101 cm³/mol. The molecule has 0 radical (unpaired) electrons. The number of amides is 2. The maximum absolute atomic E-state index is 12.9. The molecule has 0 aliphatic heterocycles. The van der Waals surface area contributed by atoms with Crippen LogP contribution in [-0.2, 0) is 6.61 Å². The maximum atomic E-state index is 12.9. The molecule has 0 saturated heterocycles. The first-order valence-corrected chi connectivity index (χ1v) is 9.00. The van der Waals surface area contributed by atoms with Gasteiger partial charge in [-0.15, -0.1) is 11.3 Å². The van der Waals surface area contributed by atoms with Crippen LogP contribution in [0.4, 0.5) is 4.39 Å². The smallest absolute Gasteiger partial charge is 0.289 e. The highest BCUT2D eigenvalue weighted by atomic mass is 32.1. The third kappa shape index (κ3) is 5.04. The summed E-state index contributed by atoms with van der Waals surface area (Å²) in [5.41, 5.74) is 5.16. The highest BCUT2D eigenvalue weighted by molar-refractivity contribution is 7.09. The molecule has 0 fully saturated rings. The van der Waals surface area contributed by atoms with Crippen LogP contribution in [0.5, 0.6) is 11.5 Å². The number of carbonyl (C=O) groups excluding carboxylic acids is 2. The van der Waals surface area contributed by atoms with Gasteiger partial charge in [0.2, 0.25) is 0 Å². The van der Waals surface area contributed by atoms with E-state index in [1.54, 1.807) is 29.6 Å². The SMILES string of the molecule is COc1ccc(C(=O)NNC(=O)c2csc(COc3ccc(F)cc3)n2)cc1. The standard InChI is InChI=1S/C19H16FN3O4S/c1-26-14-6-2-12(3-7-14)18(24)22-23-19(25)16-11-28-17(21-16)10-27-15-8-4-13(20)5-9-15/h2-9,11H,10H2,1H3,(H,22,24)(H,23,25). The van der Waals surface area contributed by atoms with Crippen molar-refractivity contribution >= 4 is 23.2 Å². The van der Waals surface area contributed by atoms with Crippen molar-refractivity contribution in [1.82, 2.24) is 15.8 Å². The summed E-state index contributed by atoms with van der Waals surface area (Å²) in [4.78, 5) is 28.3. The molecular formula is C19H16FN3O4S. The number of carbonyl (C=O) groups is 2. The Hall–Kier alpha value is -3.46. The summed E-state index contributed by atoms with van der Waals surface area (Å²) in [7, 11) is 1.53. The van der Waals surface area contributed by atoms with E-state index in [9.17, 15) is 14.0 Å². The van der Waals surface area contributed by atoms with Gasteiger partial charge in [-0.2, -0.15) is 0 Å². The first-order valence-electron chi connectivity index (χ1n) is 8.12. The van der Waals surface area contributed by atoms with Gasteiger partial charge in [0, 0.05) is 10.9 Å². The Morgan fingerprint density at radius 1 is 1.00 bits per heavy atom. The topological polar surface area (TPSA) is 89.6 Å². The van der Waals surface area contributed by atoms with Crippen LogP contribution in [0.15, 0.2) is 53.9 Å². The van der Waals surface area contributed by atoms with Crippen molar-refractivity contribution < 1.29 is 23.5 Å².